The van der Waals surface area contributed by atoms with E-state index >= 15 is 0 Å². The molecule has 0 aromatic heterocycles. The summed E-state index contributed by atoms with van der Waals surface area (Å²) in [6.07, 6.45) is 12.5. The zero-order valence-corrected chi connectivity index (χ0v) is 30.8. The van der Waals surface area contributed by atoms with Crippen molar-refractivity contribution in [1.29, 1.82) is 0 Å². The lowest BCUT2D eigenvalue weighted by Crippen LogP contribution is -2.64. The van der Waals surface area contributed by atoms with Crippen LogP contribution in [-0.2, 0) is 29.0 Å². The molecule has 0 aromatic rings. The number of hydrogen-bond donors (Lipinski definition) is 4. The highest BCUT2D eigenvalue weighted by Gasteiger charge is 2.79. The Morgan fingerprint density at radius 2 is 1.63 bits per heavy atom. The van der Waals surface area contributed by atoms with E-state index in [1.165, 1.54) is 11.0 Å². The average molecular weight is 702 g/mol. The quantitative estimate of drug-likeness (QED) is 0.130. The summed E-state index contributed by atoms with van der Waals surface area (Å²) < 4.78 is 25.6. The molecule has 4 aliphatic rings. The Kier molecular flexibility index (Phi) is 11.0. The lowest BCUT2D eigenvalue weighted by molar-refractivity contribution is -0.145. The van der Waals surface area contributed by atoms with E-state index in [0.717, 1.165) is 32.1 Å². The molecule has 0 radical (unpaired) electrons. The molecule has 1 spiro atoms. The van der Waals surface area contributed by atoms with Crippen molar-refractivity contribution in [3.8, 4) is 12.3 Å². The Hall–Kier alpha value is -3.40. The third-order valence-corrected chi connectivity index (χ3v) is 13.8. The van der Waals surface area contributed by atoms with Gasteiger partial charge in [0.1, 0.15) is 12.1 Å². The number of piperidine rings is 1. The maximum absolute atomic E-state index is 14.4. The number of fused-ring (bicyclic) bond motifs is 3. The van der Waals surface area contributed by atoms with Gasteiger partial charge in [0.2, 0.25) is 17.6 Å². The second kappa shape index (κ2) is 14.1. The van der Waals surface area contributed by atoms with Gasteiger partial charge in [0.15, 0.2) is 9.84 Å². The summed E-state index contributed by atoms with van der Waals surface area (Å²) in [5, 5.41) is 11.1. The molecule has 49 heavy (non-hydrogen) atoms. The van der Waals surface area contributed by atoms with E-state index in [0.29, 0.717) is 19.4 Å². The Bertz CT molecular complexity index is 1490. The summed E-state index contributed by atoms with van der Waals surface area (Å²) in [5.74, 6) is -0.349. The number of amides is 5. The monoisotopic (exact) mass is 701 g/mol. The summed E-state index contributed by atoms with van der Waals surface area (Å²) in [7, 11) is -3.57. The van der Waals surface area contributed by atoms with Gasteiger partial charge < -0.3 is 26.2 Å². The summed E-state index contributed by atoms with van der Waals surface area (Å²) >= 11 is 0. The van der Waals surface area contributed by atoms with E-state index < -0.39 is 73.2 Å². The summed E-state index contributed by atoms with van der Waals surface area (Å²) in [4.78, 5) is 69.3. The second-order valence-electron chi connectivity index (χ2n) is 16.6. The van der Waals surface area contributed by atoms with Gasteiger partial charge in [0.25, 0.3) is 5.91 Å². The molecule has 13 heteroatoms. The van der Waals surface area contributed by atoms with Crippen molar-refractivity contribution in [3.05, 3.63) is 12.7 Å². The van der Waals surface area contributed by atoms with Gasteiger partial charge in [-0.05, 0) is 75.5 Å². The molecular formula is C36H55N5O7S. The van der Waals surface area contributed by atoms with Gasteiger partial charge in [0.05, 0.1) is 22.1 Å². The molecule has 4 rings (SSSR count). The van der Waals surface area contributed by atoms with Crippen LogP contribution in [0.1, 0.15) is 99.3 Å². The number of carbonyl (C=O) groups is 5. The number of carbonyl (C=O) groups excluding carboxylic acids is 5. The van der Waals surface area contributed by atoms with Gasteiger partial charge in [-0.3, -0.25) is 19.2 Å². The zero-order valence-electron chi connectivity index (χ0n) is 29.9. The largest absolute Gasteiger partial charge is 0.346 e. The summed E-state index contributed by atoms with van der Waals surface area (Å²) in [6, 6.07) is -3.72. The van der Waals surface area contributed by atoms with Crippen molar-refractivity contribution in [1.82, 2.24) is 26.2 Å². The normalized spacial score (nSPS) is 24.8. The van der Waals surface area contributed by atoms with E-state index in [9.17, 15) is 32.4 Å². The number of ketones is 1. The Balaban J connectivity index is 1.55. The zero-order chi connectivity index (χ0) is 36.6. The molecule has 3 aliphatic carbocycles. The number of terminal acetylenes is 1. The lowest BCUT2D eigenvalue weighted by Gasteiger charge is -2.41. The molecule has 4 N–H and O–H groups in total. The van der Waals surface area contributed by atoms with Crippen molar-refractivity contribution in [2.45, 2.75) is 128 Å². The van der Waals surface area contributed by atoms with Crippen LogP contribution in [0, 0.1) is 35.0 Å². The van der Waals surface area contributed by atoms with Gasteiger partial charge in [-0.1, -0.05) is 46.1 Å². The van der Waals surface area contributed by atoms with Crippen molar-refractivity contribution >= 4 is 39.4 Å². The highest BCUT2D eigenvalue weighted by molar-refractivity contribution is 7.92. The molecule has 1 saturated heterocycles. The maximum Gasteiger partial charge on any atom is 0.315 e. The van der Waals surface area contributed by atoms with E-state index in [1.807, 2.05) is 20.8 Å². The Labute approximate surface area is 291 Å². The number of nitrogens with one attached hydrogen (secondary N) is 4. The molecule has 5 amide bonds. The van der Waals surface area contributed by atoms with Crippen LogP contribution in [0.4, 0.5) is 4.79 Å². The average Bonchev–Trinajstić information content (AvgIpc) is 3.86. The lowest BCUT2D eigenvalue weighted by atomic mass is 9.83. The van der Waals surface area contributed by atoms with Gasteiger partial charge in [-0.25, -0.2) is 13.2 Å². The Morgan fingerprint density at radius 1 is 1.00 bits per heavy atom. The first-order chi connectivity index (χ1) is 22.7. The van der Waals surface area contributed by atoms with E-state index in [-0.39, 0.29) is 42.4 Å². The van der Waals surface area contributed by atoms with E-state index in [1.54, 1.807) is 20.8 Å². The van der Waals surface area contributed by atoms with Crippen molar-refractivity contribution in [2.75, 3.05) is 18.8 Å². The number of rotatable bonds is 13. The third kappa shape index (κ3) is 8.16. The number of sulfone groups is 1. The molecule has 3 saturated carbocycles. The number of hydrogen-bond acceptors (Lipinski definition) is 7. The molecule has 3 unspecified atom stereocenters. The van der Waals surface area contributed by atoms with E-state index in [2.05, 4.69) is 33.8 Å². The first-order valence-electron chi connectivity index (χ1n) is 17.5. The predicted molar refractivity (Wildman–Crippen MR) is 187 cm³/mol. The van der Waals surface area contributed by atoms with Gasteiger partial charge in [-0.15, -0.1) is 18.9 Å². The van der Waals surface area contributed by atoms with Gasteiger partial charge in [0, 0.05) is 19.5 Å². The predicted octanol–water partition coefficient (Wildman–Crippen LogP) is 2.62. The standard InChI is InChI=1S/C36H55N5O7S/c1-9-11-15-24(27(42)30(44)37-20-10-2)38-29(43)26-25-23(36(25)18-19-36)21-41(26)31(45)28(33(3,4)5)39-32(46)40-35(16-13-12-14-17-35)22-49(47,48)34(6,7)8/h1,10,23-26,28H,2,11-22H2,3-8H3,(H,37,44)(H,38,43)(H2,39,40,46)/t23?,24?,25?,26-,28+/m0/s1. The van der Waals surface area contributed by atoms with Crippen molar-refractivity contribution in [3.63, 3.8) is 0 Å². The highest BCUT2D eigenvalue weighted by Crippen LogP contribution is 2.78. The van der Waals surface area contributed by atoms with Crippen LogP contribution in [0.5, 0.6) is 0 Å². The fourth-order valence-electron chi connectivity index (χ4n) is 7.84. The minimum absolute atomic E-state index is 0.00633. The molecular weight excluding hydrogens is 646 g/mol. The minimum Gasteiger partial charge on any atom is -0.346 e. The van der Waals surface area contributed by atoms with Crippen LogP contribution >= 0.6 is 0 Å². The molecule has 5 atom stereocenters. The van der Waals surface area contributed by atoms with E-state index in [4.69, 9.17) is 6.42 Å². The topological polar surface area (TPSA) is 171 Å². The molecule has 272 valence electrons. The van der Waals surface area contributed by atoms with Crippen LogP contribution < -0.4 is 21.3 Å². The minimum atomic E-state index is -3.57. The van der Waals surface area contributed by atoms with Crippen LogP contribution in [0.15, 0.2) is 12.7 Å². The highest BCUT2D eigenvalue weighted by atomic mass is 32.2. The molecule has 1 heterocycles. The fraction of sp³-hybridized carbons (Fsp3) is 0.750. The smallest absolute Gasteiger partial charge is 0.315 e. The SMILES string of the molecule is C#CCCC(NC(=O)[C@@H]1C2C(CN1C(=O)[C@@H](NC(=O)NC1(CS(=O)(=O)C(C)(C)C)CCCCC1)C(C)(C)C)C21CC1)C(=O)C(=O)NCC=C. The molecule has 4 fully saturated rings. The van der Waals surface area contributed by atoms with Crippen molar-refractivity contribution < 1.29 is 32.4 Å². The van der Waals surface area contributed by atoms with Crippen LogP contribution in [-0.4, -0.2) is 90.1 Å². The van der Waals surface area contributed by atoms with Crippen molar-refractivity contribution in [2.24, 2.45) is 22.7 Å². The third-order valence-electron chi connectivity index (χ3n) is 11.0. The van der Waals surface area contributed by atoms with Gasteiger partial charge >= 0.3 is 6.03 Å². The fourth-order valence-corrected chi connectivity index (χ4v) is 9.36. The maximum atomic E-state index is 14.4. The summed E-state index contributed by atoms with van der Waals surface area (Å²) in [5.41, 5.74) is -1.73. The van der Waals surface area contributed by atoms with Gasteiger partial charge in [-0.2, -0.15) is 0 Å². The first-order valence-corrected chi connectivity index (χ1v) is 19.2. The number of nitrogens with zero attached hydrogens (tertiary/aromatic N) is 1. The Morgan fingerprint density at radius 3 is 2.16 bits per heavy atom. The molecule has 1 aliphatic heterocycles. The molecule has 0 aromatic carbocycles. The number of Topliss-reactive ketones (excluding diaryl/α,β-unsaturated/α-hetero) is 1. The molecule has 0 bridgehead atoms. The van der Waals surface area contributed by atoms with Crippen LogP contribution in [0.3, 0.4) is 0 Å². The number of urea groups is 1. The van der Waals surface area contributed by atoms with Crippen LogP contribution in [0.25, 0.3) is 0 Å². The first kappa shape index (κ1) is 38.4. The molecule has 12 nitrogen and oxygen atoms in total. The summed E-state index contributed by atoms with van der Waals surface area (Å²) in [6.45, 7) is 14.4. The number of likely N-dealkylation sites (tertiary alicyclic amines) is 1. The van der Waals surface area contributed by atoms with Crippen LogP contribution in [0.2, 0.25) is 0 Å². The second-order valence-corrected chi connectivity index (χ2v) is 19.3.